The maximum absolute atomic E-state index is 11.9. The van der Waals surface area contributed by atoms with Crippen LogP contribution in [0.4, 0.5) is 0 Å². The summed E-state index contributed by atoms with van der Waals surface area (Å²) in [5.74, 6) is 1.06. The molecule has 0 unspecified atom stereocenters. The fourth-order valence-electron chi connectivity index (χ4n) is 1.83. The van der Waals surface area contributed by atoms with E-state index in [-0.39, 0.29) is 5.78 Å². The number of benzene rings is 1. The van der Waals surface area contributed by atoms with Crippen molar-refractivity contribution in [3.8, 4) is 0 Å². The van der Waals surface area contributed by atoms with Gasteiger partial charge < -0.3 is 9.15 Å². The molecule has 0 fully saturated rings. The van der Waals surface area contributed by atoms with Gasteiger partial charge in [-0.25, -0.2) is 0 Å². The van der Waals surface area contributed by atoms with Crippen LogP contribution >= 0.6 is 0 Å². The van der Waals surface area contributed by atoms with E-state index in [4.69, 9.17) is 9.15 Å². The molecule has 0 saturated carbocycles. The Morgan fingerprint density at radius 2 is 2.05 bits per heavy atom. The van der Waals surface area contributed by atoms with Crippen LogP contribution in [0, 0.1) is 5.92 Å². The van der Waals surface area contributed by atoms with Gasteiger partial charge in [-0.2, -0.15) is 0 Å². The molecule has 0 radical (unpaired) electrons. The first kappa shape index (κ1) is 13.8. The third-order valence-corrected chi connectivity index (χ3v) is 3.01. The zero-order valence-electron chi connectivity index (χ0n) is 11.5. The van der Waals surface area contributed by atoms with Gasteiger partial charge in [0.25, 0.3) is 0 Å². The van der Waals surface area contributed by atoms with Gasteiger partial charge >= 0.3 is 0 Å². The summed E-state index contributed by atoms with van der Waals surface area (Å²) in [6.45, 7) is 5.49. The first-order chi connectivity index (χ1) is 9.16. The molecule has 3 heteroatoms. The van der Waals surface area contributed by atoms with Gasteiger partial charge in [0.05, 0.1) is 6.61 Å². The Bertz CT molecular complexity index is 507. The summed E-state index contributed by atoms with van der Waals surface area (Å²) >= 11 is 0. The average Bonchev–Trinajstić information content (AvgIpc) is 2.81. The molecule has 0 saturated heterocycles. The number of carbonyl (C=O) groups is 1. The standard InChI is InChI=1S/C16H20O3/c1-12(2)7-9-18-10-8-14(17)16-11-13-5-3-4-6-15(13)19-16/h3-6,11-12H,7-10H2,1-2H3. The number of carbonyl (C=O) groups excluding carboxylic acids is 1. The molecule has 0 aliphatic heterocycles. The lowest BCUT2D eigenvalue weighted by Crippen LogP contribution is -2.06. The van der Waals surface area contributed by atoms with Crippen molar-refractivity contribution >= 4 is 16.8 Å². The predicted octanol–water partition coefficient (Wildman–Crippen LogP) is 4.07. The maximum atomic E-state index is 11.9. The third-order valence-electron chi connectivity index (χ3n) is 3.01. The molecular weight excluding hydrogens is 240 g/mol. The van der Waals surface area contributed by atoms with Crippen molar-refractivity contribution in [3.63, 3.8) is 0 Å². The first-order valence-electron chi connectivity index (χ1n) is 6.76. The van der Waals surface area contributed by atoms with Gasteiger partial charge in [-0.05, 0) is 24.5 Å². The molecule has 1 aromatic heterocycles. The van der Waals surface area contributed by atoms with Crippen molar-refractivity contribution in [2.75, 3.05) is 13.2 Å². The van der Waals surface area contributed by atoms with Gasteiger partial charge in [-0.15, -0.1) is 0 Å². The molecule has 19 heavy (non-hydrogen) atoms. The van der Waals surface area contributed by atoms with Gasteiger partial charge in [0, 0.05) is 18.4 Å². The molecule has 0 bridgehead atoms. The molecule has 0 spiro atoms. The zero-order chi connectivity index (χ0) is 13.7. The second kappa shape index (κ2) is 6.53. The van der Waals surface area contributed by atoms with E-state index < -0.39 is 0 Å². The molecule has 0 aliphatic rings. The Morgan fingerprint density at radius 1 is 1.26 bits per heavy atom. The van der Waals surface area contributed by atoms with E-state index in [1.165, 1.54) is 0 Å². The van der Waals surface area contributed by atoms with Gasteiger partial charge in [0.2, 0.25) is 0 Å². The molecular formula is C16H20O3. The number of rotatable bonds is 7. The highest BCUT2D eigenvalue weighted by Crippen LogP contribution is 2.19. The van der Waals surface area contributed by atoms with Gasteiger partial charge in [0.1, 0.15) is 5.58 Å². The fraction of sp³-hybridized carbons (Fsp3) is 0.438. The molecule has 1 aromatic carbocycles. The van der Waals surface area contributed by atoms with E-state index in [1.54, 1.807) is 6.07 Å². The van der Waals surface area contributed by atoms with Crippen LogP contribution in [-0.4, -0.2) is 19.0 Å². The number of furan rings is 1. The molecule has 0 N–H and O–H groups in total. The van der Waals surface area contributed by atoms with Crippen LogP contribution < -0.4 is 0 Å². The second-order valence-electron chi connectivity index (χ2n) is 5.12. The molecule has 0 aliphatic carbocycles. The summed E-state index contributed by atoms with van der Waals surface area (Å²) < 4.78 is 11.0. The van der Waals surface area contributed by atoms with E-state index in [9.17, 15) is 4.79 Å². The van der Waals surface area contributed by atoms with Crippen molar-refractivity contribution in [3.05, 3.63) is 36.1 Å². The van der Waals surface area contributed by atoms with Crippen molar-refractivity contribution < 1.29 is 13.9 Å². The highest BCUT2D eigenvalue weighted by molar-refractivity contribution is 5.97. The molecule has 0 atom stereocenters. The van der Waals surface area contributed by atoms with E-state index in [0.29, 0.717) is 31.3 Å². The summed E-state index contributed by atoms with van der Waals surface area (Å²) in [6.07, 6.45) is 1.40. The Kier molecular flexibility index (Phi) is 4.74. The Morgan fingerprint density at radius 3 is 2.79 bits per heavy atom. The van der Waals surface area contributed by atoms with Crippen LogP contribution in [0.5, 0.6) is 0 Å². The highest BCUT2D eigenvalue weighted by atomic mass is 16.5. The quantitative estimate of drug-likeness (QED) is 0.556. The predicted molar refractivity (Wildman–Crippen MR) is 75.4 cm³/mol. The topological polar surface area (TPSA) is 39.4 Å². The van der Waals surface area contributed by atoms with Crippen LogP contribution in [0.2, 0.25) is 0 Å². The van der Waals surface area contributed by atoms with E-state index in [0.717, 1.165) is 17.4 Å². The van der Waals surface area contributed by atoms with E-state index in [2.05, 4.69) is 13.8 Å². The minimum absolute atomic E-state index is 0.000692. The zero-order valence-corrected chi connectivity index (χ0v) is 11.5. The number of ketones is 1. The minimum atomic E-state index is 0.000692. The minimum Gasteiger partial charge on any atom is -0.453 e. The Hall–Kier alpha value is -1.61. The molecule has 102 valence electrons. The number of hydrogen-bond acceptors (Lipinski definition) is 3. The van der Waals surface area contributed by atoms with Crippen LogP contribution in [0.3, 0.4) is 0 Å². The van der Waals surface area contributed by atoms with Crippen LogP contribution in [0.15, 0.2) is 34.7 Å². The maximum Gasteiger partial charge on any atom is 0.200 e. The number of para-hydroxylation sites is 1. The SMILES string of the molecule is CC(C)CCOCCC(=O)c1cc2ccccc2o1. The lowest BCUT2D eigenvalue weighted by atomic mass is 10.1. The fourth-order valence-corrected chi connectivity index (χ4v) is 1.83. The number of ether oxygens (including phenoxy) is 1. The van der Waals surface area contributed by atoms with Crippen molar-refractivity contribution in [2.24, 2.45) is 5.92 Å². The third kappa shape index (κ3) is 3.93. The molecule has 3 nitrogen and oxygen atoms in total. The Labute approximate surface area is 113 Å². The lowest BCUT2D eigenvalue weighted by Gasteiger charge is -2.05. The average molecular weight is 260 g/mol. The van der Waals surface area contributed by atoms with Gasteiger partial charge in [-0.3, -0.25) is 4.79 Å². The Balaban J connectivity index is 1.83. The molecule has 2 aromatic rings. The van der Waals surface area contributed by atoms with Crippen molar-refractivity contribution in [1.82, 2.24) is 0 Å². The molecule has 2 rings (SSSR count). The van der Waals surface area contributed by atoms with Crippen molar-refractivity contribution in [2.45, 2.75) is 26.7 Å². The normalized spacial score (nSPS) is 11.3. The van der Waals surface area contributed by atoms with Crippen LogP contribution in [0.25, 0.3) is 11.0 Å². The van der Waals surface area contributed by atoms with E-state index >= 15 is 0 Å². The van der Waals surface area contributed by atoms with Crippen molar-refractivity contribution in [1.29, 1.82) is 0 Å². The van der Waals surface area contributed by atoms with Gasteiger partial charge in [0.15, 0.2) is 11.5 Å². The summed E-state index contributed by atoms with van der Waals surface area (Å²) in [5.41, 5.74) is 0.756. The van der Waals surface area contributed by atoms with Crippen LogP contribution in [0.1, 0.15) is 37.2 Å². The van der Waals surface area contributed by atoms with E-state index in [1.807, 2.05) is 24.3 Å². The van der Waals surface area contributed by atoms with Crippen LogP contribution in [-0.2, 0) is 4.74 Å². The summed E-state index contributed by atoms with van der Waals surface area (Å²) in [4.78, 5) is 11.9. The summed E-state index contributed by atoms with van der Waals surface area (Å²) in [7, 11) is 0. The van der Waals surface area contributed by atoms with Gasteiger partial charge in [-0.1, -0.05) is 32.0 Å². The molecule has 1 heterocycles. The second-order valence-corrected chi connectivity index (χ2v) is 5.12. The number of fused-ring (bicyclic) bond motifs is 1. The number of hydrogen-bond donors (Lipinski definition) is 0. The summed E-state index contributed by atoms with van der Waals surface area (Å²) in [5, 5.41) is 0.964. The number of Topliss-reactive ketones (excluding diaryl/α,β-unsaturated/α-hetero) is 1. The molecule has 0 amide bonds. The first-order valence-corrected chi connectivity index (χ1v) is 6.76. The smallest absolute Gasteiger partial charge is 0.200 e. The largest absolute Gasteiger partial charge is 0.453 e. The summed E-state index contributed by atoms with van der Waals surface area (Å²) in [6, 6.07) is 9.43. The monoisotopic (exact) mass is 260 g/mol. The highest BCUT2D eigenvalue weighted by Gasteiger charge is 2.11. The lowest BCUT2D eigenvalue weighted by molar-refractivity contribution is 0.0838.